The summed E-state index contributed by atoms with van der Waals surface area (Å²) in [6, 6.07) is 4.22. The van der Waals surface area contributed by atoms with Crippen LogP contribution in [0.25, 0.3) is 0 Å². The van der Waals surface area contributed by atoms with Gasteiger partial charge in [-0.2, -0.15) is 0 Å². The van der Waals surface area contributed by atoms with Gasteiger partial charge in [-0.3, -0.25) is 0 Å². The molecule has 1 aromatic rings. The zero-order chi connectivity index (χ0) is 12.3. The van der Waals surface area contributed by atoms with Crippen LogP contribution in [0.4, 0.5) is 5.82 Å². The lowest BCUT2D eigenvalue weighted by atomic mass is 10.0. The molecule has 1 saturated heterocycles. The van der Waals surface area contributed by atoms with E-state index >= 15 is 0 Å². The fourth-order valence-electron chi connectivity index (χ4n) is 2.23. The van der Waals surface area contributed by atoms with Gasteiger partial charge in [0, 0.05) is 13.1 Å². The van der Waals surface area contributed by atoms with Crippen LogP contribution in [0.15, 0.2) is 12.1 Å². The maximum absolute atomic E-state index is 5.49. The van der Waals surface area contributed by atoms with Gasteiger partial charge in [0.05, 0.1) is 0 Å². The third kappa shape index (κ3) is 2.79. The van der Waals surface area contributed by atoms with Crippen molar-refractivity contribution in [3.63, 3.8) is 0 Å². The van der Waals surface area contributed by atoms with Crippen molar-refractivity contribution >= 4 is 5.82 Å². The molecule has 0 N–H and O–H groups in total. The molecular formula is C15H20N2. The molecule has 0 bridgehead atoms. The Labute approximate surface area is 104 Å². The molecule has 0 amide bonds. The maximum atomic E-state index is 5.49. The fraction of sp³-hybridized carbons (Fsp3) is 0.533. The molecule has 0 atom stereocenters. The van der Waals surface area contributed by atoms with Gasteiger partial charge in [0.2, 0.25) is 0 Å². The van der Waals surface area contributed by atoms with E-state index in [9.17, 15) is 0 Å². The molecule has 0 aliphatic carbocycles. The van der Waals surface area contributed by atoms with Crippen molar-refractivity contribution in [1.29, 1.82) is 0 Å². The van der Waals surface area contributed by atoms with Crippen molar-refractivity contribution in [2.45, 2.75) is 39.0 Å². The monoisotopic (exact) mass is 228 g/mol. The predicted molar refractivity (Wildman–Crippen MR) is 72.3 cm³/mol. The fourth-order valence-corrected chi connectivity index (χ4v) is 2.23. The summed E-state index contributed by atoms with van der Waals surface area (Å²) < 4.78 is 0. The van der Waals surface area contributed by atoms with Crippen molar-refractivity contribution in [1.82, 2.24) is 4.98 Å². The summed E-state index contributed by atoms with van der Waals surface area (Å²) in [4.78, 5) is 6.91. The van der Waals surface area contributed by atoms with Gasteiger partial charge >= 0.3 is 0 Å². The number of terminal acetylenes is 1. The highest BCUT2D eigenvalue weighted by atomic mass is 15.2. The number of pyridine rings is 1. The van der Waals surface area contributed by atoms with Gasteiger partial charge in [0.25, 0.3) is 0 Å². The Morgan fingerprint density at radius 1 is 1.24 bits per heavy atom. The normalized spacial score (nSPS) is 16.0. The van der Waals surface area contributed by atoms with Crippen molar-refractivity contribution in [2.24, 2.45) is 0 Å². The van der Waals surface area contributed by atoms with Gasteiger partial charge in [-0.05, 0) is 42.9 Å². The molecule has 2 nitrogen and oxygen atoms in total. The van der Waals surface area contributed by atoms with Crippen molar-refractivity contribution < 1.29 is 0 Å². The summed E-state index contributed by atoms with van der Waals surface area (Å²) >= 11 is 0. The van der Waals surface area contributed by atoms with E-state index in [0.717, 1.165) is 24.6 Å². The van der Waals surface area contributed by atoms with Crippen LogP contribution in [0, 0.1) is 12.3 Å². The zero-order valence-corrected chi connectivity index (χ0v) is 10.7. The summed E-state index contributed by atoms with van der Waals surface area (Å²) in [5.41, 5.74) is 2.05. The minimum Gasteiger partial charge on any atom is -0.357 e. The highest BCUT2D eigenvalue weighted by Gasteiger charge is 2.14. The van der Waals surface area contributed by atoms with Gasteiger partial charge in [-0.15, -0.1) is 6.42 Å². The largest absolute Gasteiger partial charge is 0.357 e. The Hall–Kier alpha value is -1.49. The van der Waals surface area contributed by atoms with E-state index in [-0.39, 0.29) is 0 Å². The van der Waals surface area contributed by atoms with Crippen molar-refractivity contribution in [3.8, 4) is 12.3 Å². The van der Waals surface area contributed by atoms with Gasteiger partial charge in [-0.1, -0.05) is 19.8 Å². The highest BCUT2D eigenvalue weighted by molar-refractivity contribution is 5.46. The first-order chi connectivity index (χ1) is 8.20. The molecular weight excluding hydrogens is 208 g/mol. The van der Waals surface area contributed by atoms with Crippen LogP contribution in [0.1, 0.15) is 50.3 Å². The van der Waals surface area contributed by atoms with E-state index in [2.05, 4.69) is 35.7 Å². The number of nitrogens with zero attached hydrogens (tertiary/aromatic N) is 2. The minimum atomic E-state index is 0.494. The summed E-state index contributed by atoms with van der Waals surface area (Å²) in [6.07, 6.45) is 9.35. The second kappa shape index (κ2) is 5.23. The minimum absolute atomic E-state index is 0.494. The second-order valence-electron chi connectivity index (χ2n) is 4.99. The van der Waals surface area contributed by atoms with E-state index in [4.69, 9.17) is 6.42 Å². The molecule has 1 aliphatic heterocycles. The molecule has 2 rings (SSSR count). The lowest BCUT2D eigenvalue weighted by Crippen LogP contribution is -2.30. The average Bonchev–Trinajstić information content (AvgIpc) is 2.39. The molecule has 17 heavy (non-hydrogen) atoms. The molecule has 0 unspecified atom stereocenters. The first-order valence-corrected chi connectivity index (χ1v) is 6.44. The average molecular weight is 228 g/mol. The van der Waals surface area contributed by atoms with E-state index in [1.165, 1.54) is 24.8 Å². The van der Waals surface area contributed by atoms with Gasteiger partial charge in [0.15, 0.2) is 0 Å². The number of hydrogen-bond acceptors (Lipinski definition) is 2. The quantitative estimate of drug-likeness (QED) is 0.723. The van der Waals surface area contributed by atoms with E-state index < -0.39 is 0 Å². The molecule has 2 heteroatoms. The topological polar surface area (TPSA) is 16.1 Å². The molecule has 1 aromatic heterocycles. The Kier molecular flexibility index (Phi) is 3.68. The van der Waals surface area contributed by atoms with Crippen LogP contribution in [-0.4, -0.2) is 18.1 Å². The summed E-state index contributed by atoms with van der Waals surface area (Å²) in [5.74, 6) is 4.22. The number of anilines is 1. The SMILES string of the molecule is C#Cc1cc(C(C)C)cc(N2CCCCC2)n1. The molecule has 0 spiro atoms. The first kappa shape index (κ1) is 12.0. The molecule has 1 fully saturated rings. The van der Waals surface area contributed by atoms with Crippen molar-refractivity contribution in [3.05, 3.63) is 23.4 Å². The Bertz CT molecular complexity index is 423. The van der Waals surface area contributed by atoms with Gasteiger partial charge in [0.1, 0.15) is 11.5 Å². The number of piperidine rings is 1. The van der Waals surface area contributed by atoms with Gasteiger partial charge < -0.3 is 4.90 Å². The van der Waals surface area contributed by atoms with E-state index in [1.54, 1.807) is 0 Å². The van der Waals surface area contributed by atoms with E-state index in [1.807, 2.05) is 6.07 Å². The highest BCUT2D eigenvalue weighted by Crippen LogP contribution is 2.23. The second-order valence-corrected chi connectivity index (χ2v) is 4.99. The van der Waals surface area contributed by atoms with Crippen LogP contribution >= 0.6 is 0 Å². The summed E-state index contributed by atoms with van der Waals surface area (Å²) in [5, 5.41) is 0. The Morgan fingerprint density at radius 3 is 2.53 bits per heavy atom. The lowest BCUT2D eigenvalue weighted by Gasteiger charge is -2.28. The Morgan fingerprint density at radius 2 is 1.94 bits per heavy atom. The van der Waals surface area contributed by atoms with Gasteiger partial charge in [-0.25, -0.2) is 4.98 Å². The number of aromatic nitrogens is 1. The van der Waals surface area contributed by atoms with E-state index in [0.29, 0.717) is 5.92 Å². The third-order valence-corrected chi connectivity index (χ3v) is 3.33. The molecule has 0 aromatic carbocycles. The smallest absolute Gasteiger partial charge is 0.130 e. The van der Waals surface area contributed by atoms with Crippen LogP contribution in [0.5, 0.6) is 0 Å². The molecule has 90 valence electrons. The first-order valence-electron chi connectivity index (χ1n) is 6.44. The number of hydrogen-bond donors (Lipinski definition) is 0. The van der Waals surface area contributed by atoms with Crippen LogP contribution in [0.2, 0.25) is 0 Å². The lowest BCUT2D eigenvalue weighted by molar-refractivity contribution is 0.573. The molecule has 2 heterocycles. The zero-order valence-electron chi connectivity index (χ0n) is 10.7. The summed E-state index contributed by atoms with van der Waals surface area (Å²) in [7, 11) is 0. The van der Waals surface area contributed by atoms with Crippen molar-refractivity contribution in [2.75, 3.05) is 18.0 Å². The predicted octanol–water partition coefficient (Wildman–Crippen LogP) is 3.18. The molecule has 1 aliphatic rings. The van der Waals surface area contributed by atoms with Crippen LogP contribution in [0.3, 0.4) is 0 Å². The maximum Gasteiger partial charge on any atom is 0.130 e. The Balaban J connectivity index is 2.32. The summed E-state index contributed by atoms with van der Waals surface area (Å²) in [6.45, 7) is 6.60. The third-order valence-electron chi connectivity index (χ3n) is 3.33. The number of rotatable bonds is 2. The standard InChI is InChI=1S/C15H20N2/c1-4-14-10-13(12(2)3)11-15(16-14)17-8-6-5-7-9-17/h1,10-12H,5-9H2,2-3H3. The van der Waals surface area contributed by atoms with Crippen LogP contribution in [-0.2, 0) is 0 Å². The molecule has 0 saturated carbocycles. The molecule has 0 radical (unpaired) electrons. The van der Waals surface area contributed by atoms with Crippen LogP contribution < -0.4 is 4.90 Å².